The smallest absolute Gasteiger partial charge is 0.411 e. The van der Waals surface area contributed by atoms with Crippen LogP contribution in [-0.2, 0) is 20.8 Å². The number of rotatable bonds is 6. The zero-order chi connectivity index (χ0) is 25.1. The Morgan fingerprint density at radius 1 is 1.03 bits per heavy atom. The molecule has 0 aliphatic carbocycles. The number of hydrogen-bond donors (Lipinski definition) is 1. The first-order valence-electron chi connectivity index (χ1n) is 11.5. The Balaban J connectivity index is 1.39. The summed E-state index contributed by atoms with van der Waals surface area (Å²) in [5, 5.41) is 4.67. The molecule has 10 heteroatoms. The third-order valence-corrected chi connectivity index (χ3v) is 7.04. The van der Waals surface area contributed by atoms with Gasteiger partial charge in [-0.1, -0.05) is 30.3 Å². The molecule has 0 unspecified atom stereocenters. The standard InChI is InChI=1S/C26H24FN3O5S/c27-19-7-3-17(4-8-19)16-30-22(25(32)29-11-13-34-14-12-29)23(35-26(30)33)18-5-9-20(10-6-18)28-24(31)21-2-1-15-36-21/h1-10,15,22-23H,11-14,16H2,(H,28,31)/t22-,23-/m1/s1. The number of ether oxygens (including phenoxy) is 2. The molecule has 3 amide bonds. The van der Waals surface area contributed by atoms with E-state index in [-0.39, 0.29) is 24.2 Å². The van der Waals surface area contributed by atoms with Gasteiger partial charge in [-0.2, -0.15) is 0 Å². The molecule has 0 bridgehead atoms. The van der Waals surface area contributed by atoms with Crippen LogP contribution in [0.3, 0.4) is 0 Å². The quantitative estimate of drug-likeness (QED) is 0.542. The maximum atomic E-state index is 13.6. The zero-order valence-corrected chi connectivity index (χ0v) is 20.1. The number of benzene rings is 2. The maximum Gasteiger partial charge on any atom is 0.411 e. The summed E-state index contributed by atoms with van der Waals surface area (Å²) in [4.78, 5) is 42.6. The third kappa shape index (κ3) is 5.09. The number of nitrogens with zero attached hydrogens (tertiary/aromatic N) is 2. The minimum absolute atomic E-state index is 0.102. The van der Waals surface area contributed by atoms with Gasteiger partial charge in [0.1, 0.15) is 5.82 Å². The minimum atomic E-state index is -0.896. The molecule has 186 valence electrons. The molecular formula is C26H24FN3O5S. The van der Waals surface area contributed by atoms with E-state index in [1.54, 1.807) is 53.4 Å². The van der Waals surface area contributed by atoms with Gasteiger partial charge >= 0.3 is 6.09 Å². The molecule has 2 fully saturated rings. The van der Waals surface area contributed by atoms with Crippen molar-refractivity contribution in [1.82, 2.24) is 9.80 Å². The van der Waals surface area contributed by atoms with Crippen LogP contribution >= 0.6 is 11.3 Å². The van der Waals surface area contributed by atoms with Crippen molar-refractivity contribution in [3.8, 4) is 0 Å². The lowest BCUT2D eigenvalue weighted by atomic mass is 9.99. The molecule has 2 atom stereocenters. The molecule has 0 radical (unpaired) electrons. The normalized spacial score (nSPS) is 19.8. The lowest BCUT2D eigenvalue weighted by molar-refractivity contribution is -0.141. The molecule has 2 saturated heterocycles. The van der Waals surface area contributed by atoms with Gasteiger partial charge in [0.15, 0.2) is 12.1 Å². The number of amides is 3. The molecule has 1 aromatic heterocycles. The highest BCUT2D eigenvalue weighted by molar-refractivity contribution is 7.12. The largest absolute Gasteiger partial charge is 0.438 e. The van der Waals surface area contributed by atoms with Crippen LogP contribution in [0.5, 0.6) is 0 Å². The topological polar surface area (TPSA) is 88.2 Å². The average Bonchev–Trinajstić information content (AvgIpc) is 3.55. The Morgan fingerprint density at radius 2 is 1.75 bits per heavy atom. The van der Waals surface area contributed by atoms with E-state index in [4.69, 9.17) is 9.47 Å². The Morgan fingerprint density at radius 3 is 2.42 bits per heavy atom. The van der Waals surface area contributed by atoms with E-state index in [1.807, 2.05) is 5.38 Å². The van der Waals surface area contributed by atoms with Crippen molar-refractivity contribution in [3.05, 3.63) is 87.9 Å². The van der Waals surface area contributed by atoms with Crippen molar-refractivity contribution in [1.29, 1.82) is 0 Å². The number of morpholine rings is 1. The highest BCUT2D eigenvalue weighted by Crippen LogP contribution is 2.35. The van der Waals surface area contributed by atoms with Gasteiger partial charge in [-0.15, -0.1) is 11.3 Å². The fourth-order valence-electron chi connectivity index (χ4n) is 4.31. The molecule has 1 N–H and O–H groups in total. The van der Waals surface area contributed by atoms with Crippen LogP contribution < -0.4 is 5.32 Å². The van der Waals surface area contributed by atoms with Gasteiger partial charge in [-0.3, -0.25) is 14.5 Å². The predicted molar refractivity (Wildman–Crippen MR) is 131 cm³/mol. The molecule has 2 aromatic carbocycles. The van der Waals surface area contributed by atoms with E-state index in [0.717, 1.165) is 0 Å². The van der Waals surface area contributed by atoms with E-state index in [2.05, 4.69) is 5.32 Å². The molecule has 2 aliphatic heterocycles. The molecule has 2 aliphatic rings. The van der Waals surface area contributed by atoms with Gasteiger partial charge in [0, 0.05) is 18.8 Å². The predicted octanol–water partition coefficient (Wildman–Crippen LogP) is 4.06. The molecule has 8 nitrogen and oxygen atoms in total. The van der Waals surface area contributed by atoms with Gasteiger partial charge in [0.05, 0.1) is 24.6 Å². The number of thiophene rings is 1. The molecule has 5 rings (SSSR count). The second-order valence-electron chi connectivity index (χ2n) is 8.49. The van der Waals surface area contributed by atoms with Crippen LogP contribution in [0.15, 0.2) is 66.0 Å². The molecule has 3 heterocycles. The van der Waals surface area contributed by atoms with Crippen LogP contribution in [0, 0.1) is 5.82 Å². The van der Waals surface area contributed by atoms with Crippen molar-refractivity contribution >= 4 is 34.9 Å². The van der Waals surface area contributed by atoms with Crippen molar-refractivity contribution in [3.63, 3.8) is 0 Å². The summed E-state index contributed by atoms with van der Waals surface area (Å²) in [6.07, 6.45) is -1.46. The van der Waals surface area contributed by atoms with Crippen molar-refractivity contribution in [2.24, 2.45) is 0 Å². The SMILES string of the molecule is O=C(Nc1ccc([C@H]2OC(=O)N(Cc3ccc(F)cc3)[C@H]2C(=O)N2CCOCC2)cc1)c1cccs1. The summed E-state index contributed by atoms with van der Waals surface area (Å²) in [5.74, 6) is -0.824. The maximum absolute atomic E-state index is 13.6. The number of nitrogens with one attached hydrogen (secondary N) is 1. The van der Waals surface area contributed by atoms with E-state index >= 15 is 0 Å². The molecule has 0 saturated carbocycles. The van der Waals surface area contributed by atoms with E-state index in [0.29, 0.717) is 48.0 Å². The Kier molecular flexibility index (Phi) is 6.97. The third-order valence-electron chi connectivity index (χ3n) is 6.17. The molecule has 36 heavy (non-hydrogen) atoms. The highest BCUT2D eigenvalue weighted by atomic mass is 32.1. The number of hydrogen-bond acceptors (Lipinski definition) is 6. The summed E-state index contributed by atoms with van der Waals surface area (Å²) in [6.45, 7) is 1.80. The van der Waals surface area contributed by atoms with Crippen molar-refractivity contribution in [2.75, 3.05) is 31.6 Å². The van der Waals surface area contributed by atoms with Gasteiger partial charge in [-0.05, 0) is 46.8 Å². The first-order valence-corrected chi connectivity index (χ1v) is 12.4. The first kappa shape index (κ1) is 24.0. The lowest BCUT2D eigenvalue weighted by Crippen LogP contribution is -2.51. The Hall–Kier alpha value is -3.76. The second kappa shape index (κ2) is 10.5. The van der Waals surface area contributed by atoms with E-state index in [9.17, 15) is 18.8 Å². The number of carbonyl (C=O) groups excluding carboxylic acids is 3. The fourth-order valence-corrected chi connectivity index (χ4v) is 4.93. The van der Waals surface area contributed by atoms with Gasteiger partial charge in [0.2, 0.25) is 5.91 Å². The zero-order valence-electron chi connectivity index (χ0n) is 19.3. The molecular weight excluding hydrogens is 485 g/mol. The number of carbonyl (C=O) groups is 3. The van der Waals surface area contributed by atoms with Gasteiger partial charge < -0.3 is 19.7 Å². The molecule has 0 spiro atoms. The number of anilines is 1. The summed E-state index contributed by atoms with van der Waals surface area (Å²) in [7, 11) is 0. The fraction of sp³-hybridized carbons (Fsp3) is 0.269. The summed E-state index contributed by atoms with van der Waals surface area (Å²) in [6, 6.07) is 15.4. The second-order valence-corrected chi connectivity index (χ2v) is 9.44. The van der Waals surface area contributed by atoms with Gasteiger partial charge in [0.25, 0.3) is 5.91 Å². The monoisotopic (exact) mass is 509 g/mol. The average molecular weight is 510 g/mol. The van der Waals surface area contributed by atoms with Gasteiger partial charge in [-0.25, -0.2) is 9.18 Å². The van der Waals surface area contributed by atoms with Crippen LogP contribution in [0.4, 0.5) is 14.9 Å². The summed E-state index contributed by atoms with van der Waals surface area (Å²) >= 11 is 1.35. The van der Waals surface area contributed by atoms with Crippen molar-refractivity contribution < 1.29 is 28.2 Å². The van der Waals surface area contributed by atoms with E-state index < -0.39 is 18.2 Å². The van der Waals surface area contributed by atoms with Crippen molar-refractivity contribution in [2.45, 2.75) is 18.7 Å². The Bertz CT molecular complexity index is 1230. The Labute approximate surface area is 211 Å². The minimum Gasteiger partial charge on any atom is -0.438 e. The van der Waals surface area contributed by atoms with Crippen LogP contribution in [-0.4, -0.2) is 60.1 Å². The van der Waals surface area contributed by atoms with Crippen LogP contribution in [0.2, 0.25) is 0 Å². The molecule has 3 aromatic rings. The summed E-state index contributed by atoms with van der Waals surface area (Å²) < 4.78 is 24.5. The van der Waals surface area contributed by atoms with Crippen LogP contribution in [0.25, 0.3) is 0 Å². The van der Waals surface area contributed by atoms with E-state index in [1.165, 1.54) is 28.4 Å². The number of halogens is 1. The highest BCUT2D eigenvalue weighted by Gasteiger charge is 2.48. The first-order chi connectivity index (χ1) is 17.5. The van der Waals surface area contributed by atoms with Crippen LogP contribution in [0.1, 0.15) is 26.9 Å². The lowest BCUT2D eigenvalue weighted by Gasteiger charge is -2.32. The number of cyclic esters (lactones) is 1. The summed E-state index contributed by atoms with van der Waals surface area (Å²) in [5.41, 5.74) is 1.90.